The van der Waals surface area contributed by atoms with Gasteiger partial charge in [-0.05, 0) is 49.6 Å². The summed E-state index contributed by atoms with van der Waals surface area (Å²) in [5.74, 6) is -0.989. The number of anilines is 1. The lowest BCUT2D eigenvalue weighted by atomic mass is 10.00. The number of aryl methyl sites for hydroxylation is 1. The molecule has 1 aromatic heterocycles. The predicted octanol–water partition coefficient (Wildman–Crippen LogP) is 4.48. The summed E-state index contributed by atoms with van der Waals surface area (Å²) in [4.78, 5) is 21.1. The van der Waals surface area contributed by atoms with Gasteiger partial charge in [0.2, 0.25) is 0 Å². The number of para-hydroxylation sites is 1. The molecule has 7 heteroatoms. The van der Waals surface area contributed by atoms with Crippen LogP contribution in [0.4, 0.5) is 5.69 Å². The van der Waals surface area contributed by atoms with E-state index < -0.39 is 5.97 Å². The van der Waals surface area contributed by atoms with E-state index in [9.17, 15) is 15.2 Å². The molecular formula is C24H22N4O3. The van der Waals surface area contributed by atoms with Gasteiger partial charge in [-0.2, -0.15) is 5.26 Å². The summed E-state index contributed by atoms with van der Waals surface area (Å²) in [6.07, 6.45) is 2.62. The van der Waals surface area contributed by atoms with Gasteiger partial charge in [0.1, 0.15) is 11.8 Å². The number of hydrogen-bond donors (Lipinski definition) is 2. The van der Waals surface area contributed by atoms with E-state index in [-0.39, 0.29) is 11.6 Å². The second-order valence-corrected chi connectivity index (χ2v) is 7.53. The molecule has 0 saturated carbocycles. The van der Waals surface area contributed by atoms with E-state index in [1.807, 2.05) is 32.1 Å². The lowest BCUT2D eigenvalue weighted by molar-refractivity contribution is 0.0698. The van der Waals surface area contributed by atoms with Crippen molar-refractivity contribution in [2.24, 2.45) is 0 Å². The Balaban J connectivity index is 1.83. The van der Waals surface area contributed by atoms with E-state index in [2.05, 4.69) is 16.4 Å². The Morgan fingerprint density at radius 3 is 2.81 bits per heavy atom. The molecule has 31 heavy (non-hydrogen) atoms. The number of rotatable bonds is 5. The van der Waals surface area contributed by atoms with Crippen molar-refractivity contribution in [3.63, 3.8) is 0 Å². The van der Waals surface area contributed by atoms with Crippen LogP contribution < -0.4 is 5.32 Å². The Labute approximate surface area is 180 Å². The topological polar surface area (TPSA) is 108 Å². The Bertz CT molecular complexity index is 1240. The first-order valence-electron chi connectivity index (χ1n) is 10.1. The molecule has 0 unspecified atom stereocenters. The largest absolute Gasteiger partial charge is 0.478 e. The SMILES string of the molecule is Cc1cc([C@@H](C)Nc2ccccc2C(=O)O)c2nc(C3=CCOCC3)c(C#N)nc2c1. The van der Waals surface area contributed by atoms with E-state index in [1.54, 1.807) is 24.3 Å². The zero-order valence-corrected chi connectivity index (χ0v) is 17.3. The third-order valence-corrected chi connectivity index (χ3v) is 5.31. The molecule has 0 radical (unpaired) electrons. The van der Waals surface area contributed by atoms with Gasteiger partial charge < -0.3 is 15.2 Å². The molecule has 0 bridgehead atoms. The molecular weight excluding hydrogens is 392 g/mol. The van der Waals surface area contributed by atoms with Gasteiger partial charge in [0.25, 0.3) is 0 Å². The quantitative estimate of drug-likeness (QED) is 0.633. The number of hydrogen-bond acceptors (Lipinski definition) is 6. The fourth-order valence-corrected chi connectivity index (χ4v) is 3.81. The first-order valence-corrected chi connectivity index (χ1v) is 10.1. The lowest BCUT2D eigenvalue weighted by Crippen LogP contribution is -2.13. The van der Waals surface area contributed by atoms with E-state index in [1.165, 1.54) is 0 Å². The molecule has 2 N–H and O–H groups in total. The summed E-state index contributed by atoms with van der Waals surface area (Å²) in [6.45, 7) is 5.00. The van der Waals surface area contributed by atoms with Gasteiger partial charge in [-0.25, -0.2) is 14.8 Å². The molecule has 2 aromatic carbocycles. The van der Waals surface area contributed by atoms with Crippen LogP contribution in [0.5, 0.6) is 0 Å². The molecule has 156 valence electrons. The maximum absolute atomic E-state index is 11.6. The van der Waals surface area contributed by atoms with Crippen molar-refractivity contribution in [2.45, 2.75) is 26.3 Å². The molecule has 0 fully saturated rings. The van der Waals surface area contributed by atoms with Gasteiger partial charge in [-0.15, -0.1) is 0 Å². The Kier molecular flexibility index (Phi) is 5.65. The van der Waals surface area contributed by atoms with E-state index in [0.29, 0.717) is 47.7 Å². The summed E-state index contributed by atoms with van der Waals surface area (Å²) in [5.41, 5.74) is 5.79. The third-order valence-electron chi connectivity index (χ3n) is 5.31. The molecule has 1 aliphatic rings. The number of carbonyl (C=O) groups is 1. The first kappa shape index (κ1) is 20.5. The summed E-state index contributed by atoms with van der Waals surface area (Å²) in [7, 11) is 0. The van der Waals surface area contributed by atoms with Crippen LogP contribution in [0.2, 0.25) is 0 Å². The molecule has 0 saturated heterocycles. The Hall–Kier alpha value is -3.76. The van der Waals surface area contributed by atoms with Crippen LogP contribution >= 0.6 is 0 Å². The van der Waals surface area contributed by atoms with Gasteiger partial charge in [-0.3, -0.25) is 0 Å². The van der Waals surface area contributed by atoms with Crippen molar-refractivity contribution in [1.82, 2.24) is 9.97 Å². The van der Waals surface area contributed by atoms with Crippen molar-refractivity contribution in [3.8, 4) is 6.07 Å². The molecule has 7 nitrogen and oxygen atoms in total. The number of nitrogens with zero attached hydrogens (tertiary/aromatic N) is 3. The van der Waals surface area contributed by atoms with Crippen molar-refractivity contribution in [1.29, 1.82) is 5.26 Å². The maximum atomic E-state index is 11.6. The van der Waals surface area contributed by atoms with Gasteiger partial charge in [-0.1, -0.05) is 24.3 Å². The van der Waals surface area contributed by atoms with Crippen LogP contribution in [0.1, 0.15) is 52.3 Å². The highest BCUT2D eigenvalue weighted by Gasteiger charge is 2.20. The van der Waals surface area contributed by atoms with Gasteiger partial charge in [0.15, 0.2) is 5.69 Å². The van der Waals surface area contributed by atoms with Crippen LogP contribution in [-0.2, 0) is 4.74 Å². The average Bonchev–Trinajstić information content (AvgIpc) is 2.78. The van der Waals surface area contributed by atoms with Gasteiger partial charge >= 0.3 is 5.97 Å². The highest BCUT2D eigenvalue weighted by atomic mass is 16.5. The van der Waals surface area contributed by atoms with Crippen LogP contribution in [0, 0.1) is 18.3 Å². The number of fused-ring (bicyclic) bond motifs is 1. The maximum Gasteiger partial charge on any atom is 0.337 e. The summed E-state index contributed by atoms with van der Waals surface area (Å²) < 4.78 is 5.39. The number of aromatic carboxylic acids is 1. The third kappa shape index (κ3) is 4.11. The smallest absolute Gasteiger partial charge is 0.337 e. The highest BCUT2D eigenvalue weighted by Crippen LogP contribution is 2.31. The van der Waals surface area contributed by atoms with Crippen molar-refractivity contribution >= 4 is 28.3 Å². The normalized spacial score (nSPS) is 14.5. The molecule has 3 aromatic rings. The molecule has 0 amide bonds. The zero-order chi connectivity index (χ0) is 22.0. The van der Waals surface area contributed by atoms with Gasteiger partial charge in [0.05, 0.1) is 35.9 Å². The van der Waals surface area contributed by atoms with Crippen molar-refractivity contribution < 1.29 is 14.6 Å². The molecule has 2 heterocycles. The van der Waals surface area contributed by atoms with Crippen molar-refractivity contribution in [2.75, 3.05) is 18.5 Å². The minimum atomic E-state index is -0.989. The fourth-order valence-electron chi connectivity index (χ4n) is 3.81. The number of nitriles is 1. The summed E-state index contributed by atoms with van der Waals surface area (Å²) in [6, 6.07) is 12.7. The van der Waals surface area contributed by atoms with Crippen molar-refractivity contribution in [3.05, 3.63) is 70.6 Å². The predicted molar refractivity (Wildman–Crippen MR) is 118 cm³/mol. The molecule has 1 aliphatic heterocycles. The minimum Gasteiger partial charge on any atom is -0.478 e. The van der Waals surface area contributed by atoms with E-state index >= 15 is 0 Å². The van der Waals surface area contributed by atoms with Crippen LogP contribution in [-0.4, -0.2) is 34.3 Å². The Morgan fingerprint density at radius 2 is 2.10 bits per heavy atom. The number of carboxylic acid groups (broad SMARTS) is 1. The highest BCUT2D eigenvalue weighted by molar-refractivity contribution is 5.94. The fraction of sp³-hybridized carbons (Fsp3) is 0.250. The molecule has 4 rings (SSSR count). The summed E-state index contributed by atoms with van der Waals surface area (Å²) >= 11 is 0. The number of nitrogens with one attached hydrogen (secondary N) is 1. The number of benzene rings is 2. The monoisotopic (exact) mass is 414 g/mol. The van der Waals surface area contributed by atoms with Crippen LogP contribution in [0.15, 0.2) is 42.5 Å². The second kappa shape index (κ2) is 8.54. The van der Waals surface area contributed by atoms with Gasteiger partial charge in [0, 0.05) is 11.3 Å². The number of carboxylic acids is 1. The average molecular weight is 414 g/mol. The molecule has 0 aliphatic carbocycles. The van der Waals surface area contributed by atoms with E-state index in [0.717, 1.165) is 16.7 Å². The standard InChI is InChI=1S/C24H22N4O3/c1-14-11-18(15(2)26-19-6-4-3-5-17(19)24(29)30)23-20(12-14)27-21(13-25)22(28-23)16-7-9-31-10-8-16/h3-7,11-12,15,26H,8-10H2,1-2H3,(H,29,30)/t15-/m1/s1. The second-order valence-electron chi connectivity index (χ2n) is 7.53. The number of ether oxygens (including phenoxy) is 1. The van der Waals surface area contributed by atoms with Crippen LogP contribution in [0.25, 0.3) is 16.6 Å². The van der Waals surface area contributed by atoms with E-state index in [4.69, 9.17) is 9.72 Å². The first-order chi connectivity index (χ1) is 15.0. The Morgan fingerprint density at radius 1 is 1.29 bits per heavy atom. The molecule has 0 spiro atoms. The number of aromatic nitrogens is 2. The lowest BCUT2D eigenvalue weighted by Gasteiger charge is -2.20. The summed E-state index contributed by atoms with van der Waals surface area (Å²) in [5, 5.41) is 22.5. The van der Waals surface area contributed by atoms with Crippen LogP contribution in [0.3, 0.4) is 0 Å². The molecule has 1 atom stereocenters. The minimum absolute atomic E-state index is 0.206. The zero-order valence-electron chi connectivity index (χ0n) is 17.3.